The Labute approximate surface area is 97.1 Å². The van der Waals surface area contributed by atoms with Crippen LogP contribution in [0.3, 0.4) is 0 Å². The van der Waals surface area contributed by atoms with Crippen molar-refractivity contribution < 1.29 is 0 Å². The molecule has 1 heterocycles. The van der Waals surface area contributed by atoms with Crippen LogP contribution in [-0.2, 0) is 13.5 Å². The summed E-state index contributed by atoms with van der Waals surface area (Å²) in [5.41, 5.74) is 10.0. The standard InChI is InChI=1S/C14H20N2/c1-4-12(15)9-13-8-11-7-5-6-10(2)14(11)16(13)3/h5-8,12H,4,9,15H2,1-3H3. The maximum Gasteiger partial charge on any atom is 0.0509 e. The van der Waals surface area contributed by atoms with Gasteiger partial charge in [0.25, 0.3) is 0 Å². The van der Waals surface area contributed by atoms with E-state index >= 15 is 0 Å². The first-order valence-electron chi connectivity index (χ1n) is 5.93. The van der Waals surface area contributed by atoms with Crippen LogP contribution in [-0.4, -0.2) is 10.6 Å². The van der Waals surface area contributed by atoms with Crippen LogP contribution < -0.4 is 5.73 Å². The van der Waals surface area contributed by atoms with Crippen molar-refractivity contribution in [3.8, 4) is 0 Å². The van der Waals surface area contributed by atoms with Crippen molar-refractivity contribution in [1.29, 1.82) is 0 Å². The lowest BCUT2D eigenvalue weighted by Crippen LogP contribution is -2.22. The maximum atomic E-state index is 6.02. The van der Waals surface area contributed by atoms with Gasteiger partial charge in [0, 0.05) is 30.6 Å². The number of fused-ring (bicyclic) bond motifs is 1. The number of aryl methyl sites for hydroxylation is 2. The van der Waals surface area contributed by atoms with E-state index in [-0.39, 0.29) is 6.04 Å². The maximum absolute atomic E-state index is 6.02. The van der Waals surface area contributed by atoms with E-state index in [4.69, 9.17) is 5.73 Å². The van der Waals surface area contributed by atoms with Crippen molar-refractivity contribution in [3.63, 3.8) is 0 Å². The molecule has 16 heavy (non-hydrogen) atoms. The molecular weight excluding hydrogens is 196 g/mol. The molecule has 1 aromatic carbocycles. The number of rotatable bonds is 3. The van der Waals surface area contributed by atoms with Crippen molar-refractivity contribution in [1.82, 2.24) is 4.57 Å². The van der Waals surface area contributed by atoms with Gasteiger partial charge in [-0.3, -0.25) is 0 Å². The highest BCUT2D eigenvalue weighted by molar-refractivity contribution is 5.84. The fourth-order valence-corrected chi connectivity index (χ4v) is 2.29. The lowest BCUT2D eigenvalue weighted by Gasteiger charge is -2.10. The zero-order valence-corrected chi connectivity index (χ0v) is 10.3. The molecule has 2 aromatic rings. The summed E-state index contributed by atoms with van der Waals surface area (Å²) in [7, 11) is 2.13. The molecule has 0 amide bonds. The van der Waals surface area contributed by atoms with Crippen LogP contribution >= 0.6 is 0 Å². The Kier molecular flexibility index (Phi) is 3.01. The molecule has 0 fully saturated rings. The van der Waals surface area contributed by atoms with Crippen molar-refractivity contribution in [2.75, 3.05) is 0 Å². The number of aromatic nitrogens is 1. The summed E-state index contributed by atoms with van der Waals surface area (Å²) >= 11 is 0. The average Bonchev–Trinajstić information content (AvgIpc) is 2.57. The van der Waals surface area contributed by atoms with E-state index in [9.17, 15) is 0 Å². The number of para-hydroxylation sites is 1. The van der Waals surface area contributed by atoms with Crippen LogP contribution in [0.5, 0.6) is 0 Å². The van der Waals surface area contributed by atoms with Crippen LogP contribution in [0.25, 0.3) is 10.9 Å². The van der Waals surface area contributed by atoms with Crippen molar-refractivity contribution in [2.45, 2.75) is 32.7 Å². The smallest absolute Gasteiger partial charge is 0.0509 e. The third-order valence-electron chi connectivity index (χ3n) is 3.35. The van der Waals surface area contributed by atoms with E-state index < -0.39 is 0 Å². The SMILES string of the molecule is CCC(N)Cc1cc2cccc(C)c2n1C. The minimum Gasteiger partial charge on any atom is -0.347 e. The molecular formula is C14H20N2. The molecule has 0 spiro atoms. The number of hydrogen-bond acceptors (Lipinski definition) is 1. The fourth-order valence-electron chi connectivity index (χ4n) is 2.29. The Morgan fingerprint density at radius 3 is 2.75 bits per heavy atom. The first-order valence-corrected chi connectivity index (χ1v) is 5.93. The molecule has 0 aliphatic carbocycles. The Morgan fingerprint density at radius 2 is 2.12 bits per heavy atom. The van der Waals surface area contributed by atoms with E-state index in [1.807, 2.05) is 0 Å². The van der Waals surface area contributed by atoms with Gasteiger partial charge in [0.1, 0.15) is 0 Å². The second kappa shape index (κ2) is 4.30. The summed E-state index contributed by atoms with van der Waals surface area (Å²) in [6.07, 6.45) is 1.99. The first-order chi connectivity index (χ1) is 7.63. The van der Waals surface area contributed by atoms with Gasteiger partial charge in [0.15, 0.2) is 0 Å². The summed E-state index contributed by atoms with van der Waals surface area (Å²) in [5.74, 6) is 0. The monoisotopic (exact) mass is 216 g/mol. The Balaban J connectivity index is 2.48. The summed E-state index contributed by atoms with van der Waals surface area (Å²) < 4.78 is 2.28. The van der Waals surface area contributed by atoms with Gasteiger partial charge in [-0.05, 0) is 25.0 Å². The molecule has 0 saturated carbocycles. The van der Waals surface area contributed by atoms with Crippen LogP contribution in [0.2, 0.25) is 0 Å². The zero-order valence-electron chi connectivity index (χ0n) is 10.3. The van der Waals surface area contributed by atoms with Gasteiger partial charge in [-0.25, -0.2) is 0 Å². The molecule has 2 rings (SSSR count). The second-order valence-electron chi connectivity index (χ2n) is 4.58. The second-order valence-corrected chi connectivity index (χ2v) is 4.58. The Hall–Kier alpha value is -1.28. The summed E-state index contributed by atoms with van der Waals surface area (Å²) in [4.78, 5) is 0. The van der Waals surface area contributed by atoms with E-state index in [1.165, 1.54) is 22.2 Å². The quantitative estimate of drug-likeness (QED) is 0.840. The molecule has 0 aliphatic rings. The molecule has 2 N–H and O–H groups in total. The molecule has 1 unspecified atom stereocenters. The molecule has 2 heteroatoms. The number of benzene rings is 1. The molecule has 0 radical (unpaired) electrons. The summed E-state index contributed by atoms with van der Waals surface area (Å²) in [5, 5.41) is 1.32. The minimum atomic E-state index is 0.267. The molecule has 0 aliphatic heterocycles. The Bertz CT molecular complexity index is 497. The third-order valence-corrected chi connectivity index (χ3v) is 3.35. The molecule has 1 aromatic heterocycles. The van der Waals surface area contributed by atoms with Crippen LogP contribution in [0.15, 0.2) is 24.3 Å². The summed E-state index contributed by atoms with van der Waals surface area (Å²) in [6.45, 7) is 4.30. The van der Waals surface area contributed by atoms with Gasteiger partial charge in [-0.1, -0.05) is 25.1 Å². The summed E-state index contributed by atoms with van der Waals surface area (Å²) in [6, 6.07) is 8.97. The Morgan fingerprint density at radius 1 is 1.38 bits per heavy atom. The average molecular weight is 216 g/mol. The highest BCUT2D eigenvalue weighted by atomic mass is 14.9. The van der Waals surface area contributed by atoms with E-state index in [0.717, 1.165) is 12.8 Å². The number of hydrogen-bond donors (Lipinski definition) is 1. The molecule has 2 nitrogen and oxygen atoms in total. The van der Waals surface area contributed by atoms with Crippen molar-refractivity contribution in [3.05, 3.63) is 35.5 Å². The topological polar surface area (TPSA) is 30.9 Å². The molecule has 86 valence electrons. The minimum absolute atomic E-state index is 0.267. The zero-order chi connectivity index (χ0) is 11.7. The van der Waals surface area contributed by atoms with Gasteiger partial charge in [-0.15, -0.1) is 0 Å². The molecule has 1 atom stereocenters. The third kappa shape index (κ3) is 1.85. The predicted octanol–water partition coefficient (Wildman–Crippen LogP) is 2.77. The number of nitrogens with two attached hydrogens (primary N) is 1. The van der Waals surface area contributed by atoms with E-state index in [0.29, 0.717) is 0 Å². The van der Waals surface area contributed by atoms with Crippen LogP contribution in [0, 0.1) is 6.92 Å². The number of nitrogens with zero attached hydrogens (tertiary/aromatic N) is 1. The van der Waals surface area contributed by atoms with Gasteiger partial charge >= 0.3 is 0 Å². The van der Waals surface area contributed by atoms with E-state index in [2.05, 4.69) is 49.7 Å². The van der Waals surface area contributed by atoms with Gasteiger partial charge in [0.2, 0.25) is 0 Å². The highest BCUT2D eigenvalue weighted by Crippen LogP contribution is 2.22. The van der Waals surface area contributed by atoms with Crippen molar-refractivity contribution in [2.24, 2.45) is 12.8 Å². The normalized spacial score (nSPS) is 13.2. The van der Waals surface area contributed by atoms with Crippen LogP contribution in [0.1, 0.15) is 24.6 Å². The molecule has 0 bridgehead atoms. The van der Waals surface area contributed by atoms with Crippen molar-refractivity contribution >= 4 is 10.9 Å². The largest absolute Gasteiger partial charge is 0.347 e. The van der Waals surface area contributed by atoms with E-state index in [1.54, 1.807) is 0 Å². The highest BCUT2D eigenvalue weighted by Gasteiger charge is 2.09. The van der Waals surface area contributed by atoms with Gasteiger partial charge in [0.05, 0.1) is 5.52 Å². The lowest BCUT2D eigenvalue weighted by atomic mass is 10.1. The predicted molar refractivity (Wildman–Crippen MR) is 69.6 cm³/mol. The lowest BCUT2D eigenvalue weighted by molar-refractivity contribution is 0.623. The first kappa shape index (κ1) is 11.2. The van der Waals surface area contributed by atoms with Gasteiger partial charge < -0.3 is 10.3 Å². The molecule has 0 saturated heterocycles. The van der Waals surface area contributed by atoms with Crippen LogP contribution in [0.4, 0.5) is 0 Å². The fraction of sp³-hybridized carbons (Fsp3) is 0.429. The van der Waals surface area contributed by atoms with Gasteiger partial charge in [-0.2, -0.15) is 0 Å².